The maximum absolute atomic E-state index is 13.5. The topological polar surface area (TPSA) is 378 Å². The molecule has 108 heavy (non-hydrogen) atoms. The van der Waals surface area contributed by atoms with E-state index in [2.05, 4.69) is 0 Å². The van der Waals surface area contributed by atoms with Gasteiger partial charge in [-0.1, -0.05) is 24.3 Å². The number of esters is 4. The van der Waals surface area contributed by atoms with Gasteiger partial charge in [-0.3, -0.25) is 0 Å². The van der Waals surface area contributed by atoms with E-state index in [1.165, 1.54) is 182 Å². The molecule has 8 rings (SSSR count). The van der Waals surface area contributed by atoms with Crippen molar-refractivity contribution in [3.63, 3.8) is 0 Å². The Morgan fingerprint density at radius 2 is 0.463 bits per heavy atom. The molecule has 0 radical (unpaired) electrons. The maximum atomic E-state index is 13.5. The Kier molecular flexibility index (Phi) is 30.9. The second-order valence-corrected chi connectivity index (χ2v) is 24.6. The zero-order valence-electron chi connectivity index (χ0n) is 62.1. The fourth-order valence-electron chi connectivity index (χ4n) is 12.2. The van der Waals surface area contributed by atoms with Crippen molar-refractivity contribution in [2.75, 3.05) is 112 Å². The van der Waals surface area contributed by atoms with Gasteiger partial charge >= 0.3 is 23.9 Å². The monoisotopic (exact) mass is 1500 g/mol. The molecule has 0 bridgehead atoms. The van der Waals surface area contributed by atoms with Crippen LogP contribution in [0.25, 0.3) is 0 Å². The number of hydrogen-bond acceptors (Lipinski definition) is 28. The van der Waals surface area contributed by atoms with Gasteiger partial charge < -0.3 is 117 Å². The lowest BCUT2D eigenvalue weighted by molar-refractivity contribution is 0.0358. The summed E-state index contributed by atoms with van der Waals surface area (Å²) < 4.78 is 87.6. The Hall–Kier alpha value is -12.4. The minimum Gasteiger partial charge on any atom is -0.504 e. The van der Waals surface area contributed by atoms with Gasteiger partial charge in [0.05, 0.1) is 134 Å². The molecule has 8 aromatic rings. The first-order valence-corrected chi connectivity index (χ1v) is 33.8. The van der Waals surface area contributed by atoms with Gasteiger partial charge in [0.25, 0.3) is 0 Å². The third kappa shape index (κ3) is 21.9. The van der Waals surface area contributed by atoms with Gasteiger partial charge in [0, 0.05) is 11.8 Å². The molecule has 28 nitrogen and oxygen atoms in total. The Morgan fingerprint density at radius 3 is 0.657 bits per heavy atom. The number of methoxy groups -OCH3 is 12. The van der Waals surface area contributed by atoms with Crippen LogP contribution in [-0.2, 0) is 44.6 Å². The third-order valence-electron chi connectivity index (χ3n) is 17.8. The second-order valence-electron chi connectivity index (χ2n) is 24.6. The van der Waals surface area contributed by atoms with Crippen molar-refractivity contribution in [3.05, 3.63) is 166 Å². The summed E-state index contributed by atoms with van der Waals surface area (Å²) in [5.74, 6) is -2.63. The summed E-state index contributed by atoms with van der Waals surface area (Å²) in [5, 5.41) is 80.9. The lowest BCUT2D eigenvalue weighted by Crippen LogP contribution is -2.26. The Bertz CT molecular complexity index is 3990. The van der Waals surface area contributed by atoms with Crippen LogP contribution in [0.15, 0.2) is 121 Å². The van der Waals surface area contributed by atoms with Crippen LogP contribution >= 0.6 is 0 Å². The molecule has 4 atom stereocenters. The van der Waals surface area contributed by atoms with Crippen LogP contribution in [-0.4, -0.2) is 176 Å². The molecule has 0 spiro atoms. The molecule has 0 aliphatic carbocycles. The molecule has 28 heteroatoms. The number of aromatic hydroxyl groups is 8. The highest BCUT2D eigenvalue weighted by Gasteiger charge is 2.30. The number of ether oxygens (including phenoxy) is 16. The van der Waals surface area contributed by atoms with E-state index in [-0.39, 0.29) is 130 Å². The van der Waals surface area contributed by atoms with Crippen LogP contribution in [0.2, 0.25) is 0 Å². The van der Waals surface area contributed by atoms with E-state index in [0.717, 1.165) is 0 Å². The van der Waals surface area contributed by atoms with Crippen molar-refractivity contribution in [2.45, 2.75) is 51.4 Å². The molecule has 580 valence electrons. The van der Waals surface area contributed by atoms with Crippen LogP contribution in [0, 0.1) is 23.7 Å². The van der Waals surface area contributed by atoms with E-state index in [4.69, 9.17) is 75.8 Å². The first-order chi connectivity index (χ1) is 51.9. The number of benzene rings is 8. The summed E-state index contributed by atoms with van der Waals surface area (Å²) in [5.41, 5.74) is 3.42. The largest absolute Gasteiger partial charge is 0.504 e. The maximum Gasteiger partial charge on any atom is 0.338 e. The SMILES string of the molecule is COc1cc(C(=O)OCCC[C@@H](Cc2ccc(O)c(O)c2)[C@@H](COC(=O)c2cc(OC)c(OC)c(OC)c2)Cc2ccc(O)c(O)c2)cc(OC)c1OC.COc1cc(C(=O)OCCC[C@H](Cc2ccc(O)c(O)c2)[C@H](COC(=O)c2cc(OC)c(OC)c(OC)c2)Cc2ccc(O)c(O)c2)cc(OC)c1OC. The normalized spacial score (nSPS) is 11.9. The van der Waals surface area contributed by atoms with Crippen LogP contribution in [0.4, 0.5) is 0 Å². The van der Waals surface area contributed by atoms with Crippen LogP contribution in [0.3, 0.4) is 0 Å². The highest BCUT2D eigenvalue weighted by molar-refractivity contribution is 5.93. The molecule has 0 saturated heterocycles. The third-order valence-corrected chi connectivity index (χ3v) is 17.8. The van der Waals surface area contributed by atoms with Gasteiger partial charge in [-0.2, -0.15) is 0 Å². The van der Waals surface area contributed by atoms with E-state index in [9.17, 15) is 60.0 Å². The summed E-state index contributed by atoms with van der Waals surface area (Å²) in [7, 11) is 17.3. The Balaban J connectivity index is 0.000000301. The van der Waals surface area contributed by atoms with Gasteiger partial charge in [0.2, 0.25) is 23.0 Å². The van der Waals surface area contributed by atoms with Crippen LogP contribution < -0.4 is 56.8 Å². The van der Waals surface area contributed by atoms with Crippen LogP contribution in [0.5, 0.6) is 115 Å². The molecule has 0 heterocycles. The van der Waals surface area contributed by atoms with E-state index >= 15 is 0 Å². The first kappa shape index (κ1) is 82.9. The Labute approximate surface area is 624 Å². The molecule has 8 N–H and O–H groups in total. The number of phenols is 8. The molecular formula is C80H92O28. The van der Waals surface area contributed by atoms with Crippen LogP contribution in [0.1, 0.15) is 89.4 Å². The predicted molar refractivity (Wildman–Crippen MR) is 392 cm³/mol. The summed E-state index contributed by atoms with van der Waals surface area (Å²) >= 11 is 0. The molecule has 0 aliphatic heterocycles. The standard InChI is InChI=1S/2C40H46O14/c2*1-47-33-18-26(19-34(48-2)37(33)51-5)39(45)53-13-7-8-25(14-23-9-11-29(41)31(43)16-23)28(15-24-10-12-30(42)32(44)17-24)22-54-40(46)27-20-35(49-3)38(52-6)36(21-27)50-4/h2*9-12,16-21,25,28,41-44H,7-8,13-15,22H2,1-6H3/t2*25-,28+/m10/s1. The molecule has 0 saturated carbocycles. The minimum absolute atomic E-state index is 0.0325. The van der Waals surface area contributed by atoms with Crippen molar-refractivity contribution in [1.29, 1.82) is 0 Å². The van der Waals surface area contributed by atoms with E-state index in [1.807, 2.05) is 0 Å². The van der Waals surface area contributed by atoms with Gasteiger partial charge in [0.1, 0.15) is 0 Å². The number of phenolic OH excluding ortho intramolecular Hbond substituents is 8. The highest BCUT2D eigenvalue weighted by atomic mass is 16.6. The summed E-state index contributed by atoms with van der Waals surface area (Å²) in [6.07, 6.45) is 3.04. The second kappa shape index (κ2) is 40.2. The molecular weight excluding hydrogens is 1410 g/mol. The van der Waals surface area contributed by atoms with E-state index in [0.29, 0.717) is 120 Å². The summed E-state index contributed by atoms with van der Waals surface area (Å²) in [6.45, 7) is -0.107. The fraction of sp³-hybridized carbons (Fsp3) is 0.350. The first-order valence-electron chi connectivity index (χ1n) is 33.8. The number of rotatable bonds is 38. The Morgan fingerprint density at radius 1 is 0.259 bits per heavy atom. The van der Waals surface area contributed by atoms with Crippen molar-refractivity contribution in [3.8, 4) is 115 Å². The molecule has 0 unspecified atom stereocenters. The average Bonchev–Trinajstić information content (AvgIpc) is 0.825. The number of hydrogen-bond donors (Lipinski definition) is 8. The lowest BCUT2D eigenvalue weighted by atomic mass is 9.80. The molecule has 0 aliphatic rings. The predicted octanol–water partition coefficient (Wildman–Crippen LogP) is 12.1. The molecule has 0 amide bonds. The van der Waals surface area contributed by atoms with Crippen molar-refractivity contribution in [1.82, 2.24) is 0 Å². The zero-order chi connectivity index (χ0) is 78.7. The molecule has 8 aromatic carbocycles. The van der Waals surface area contributed by atoms with Crippen molar-refractivity contribution >= 4 is 23.9 Å². The fourth-order valence-corrected chi connectivity index (χ4v) is 12.2. The van der Waals surface area contributed by atoms with E-state index in [1.54, 1.807) is 24.3 Å². The van der Waals surface area contributed by atoms with Crippen molar-refractivity contribution in [2.24, 2.45) is 23.7 Å². The quantitative estimate of drug-likeness (QED) is 0.00771. The van der Waals surface area contributed by atoms with Gasteiger partial charge in [-0.15, -0.1) is 0 Å². The number of carbonyl (C=O) groups is 4. The minimum atomic E-state index is -0.659. The lowest BCUT2D eigenvalue weighted by Gasteiger charge is -2.28. The summed E-state index contributed by atoms with van der Waals surface area (Å²) in [6, 6.07) is 29.9. The zero-order valence-corrected chi connectivity index (χ0v) is 62.1. The number of carbonyl (C=O) groups excluding carboxylic acids is 4. The van der Waals surface area contributed by atoms with Gasteiger partial charge in [-0.05, 0) is 183 Å². The van der Waals surface area contributed by atoms with Gasteiger partial charge in [-0.25, -0.2) is 19.2 Å². The van der Waals surface area contributed by atoms with E-state index < -0.39 is 35.7 Å². The highest BCUT2D eigenvalue weighted by Crippen LogP contribution is 2.44. The summed E-state index contributed by atoms with van der Waals surface area (Å²) in [4.78, 5) is 53.2. The average molecular weight is 1500 g/mol. The van der Waals surface area contributed by atoms with Crippen molar-refractivity contribution < 1.29 is 136 Å². The van der Waals surface area contributed by atoms with Gasteiger partial charge in [0.15, 0.2) is 92.0 Å². The smallest absolute Gasteiger partial charge is 0.338 e. The molecule has 0 fully saturated rings. The molecule has 0 aromatic heterocycles.